The van der Waals surface area contributed by atoms with Gasteiger partial charge in [0.15, 0.2) is 11.4 Å². The number of hydrogen-bond acceptors (Lipinski definition) is 12. The number of primary amides is 1. The van der Waals surface area contributed by atoms with E-state index in [-0.39, 0.29) is 17.0 Å². The number of aliphatic hydroxyl groups is 4. The lowest BCUT2D eigenvalue weighted by Crippen LogP contribution is -2.70. The number of rotatable bonds is 8. The van der Waals surface area contributed by atoms with E-state index in [0.717, 1.165) is 0 Å². The van der Waals surface area contributed by atoms with E-state index < -0.39 is 93.3 Å². The molecule has 1 fully saturated rings. The molecule has 0 bridgehead atoms. The number of nitrogens with two attached hydrogens (primary N) is 1. The molecule has 6 unspecified atom stereocenters. The molecule has 14 heteroatoms. The Labute approximate surface area is 254 Å². The predicted octanol–water partition coefficient (Wildman–Crippen LogP) is 0.0745. The first-order valence-electron chi connectivity index (χ1n) is 14.0. The lowest BCUT2D eigenvalue weighted by Gasteiger charge is -2.53. The van der Waals surface area contributed by atoms with Gasteiger partial charge in [0.05, 0.1) is 35.4 Å². The number of fused-ring (bicyclic) bond motifs is 3. The number of ketones is 2. The SMILES string of the molecule is CCN(CC)C(CS)C(=O)Nc1ccc2c(c1O)C(O)=C1C(=O)C3(O)C(O)=C(C(N)=O)C(=O)[C@@H](N(C)C)C3C(O)C1C2C. The summed E-state index contributed by atoms with van der Waals surface area (Å²) in [5, 5.41) is 59.9. The second kappa shape index (κ2) is 11.6. The Hall–Kier alpha value is -3.43. The summed E-state index contributed by atoms with van der Waals surface area (Å²) in [5.41, 5.74) is 0.900. The van der Waals surface area contributed by atoms with Gasteiger partial charge in [0.25, 0.3) is 5.91 Å². The summed E-state index contributed by atoms with van der Waals surface area (Å²) in [7, 11) is 2.88. The van der Waals surface area contributed by atoms with Gasteiger partial charge < -0.3 is 36.6 Å². The lowest BCUT2D eigenvalue weighted by molar-refractivity contribution is -0.169. The number of carbonyl (C=O) groups excluding carboxylic acids is 4. The maximum Gasteiger partial charge on any atom is 0.255 e. The van der Waals surface area contributed by atoms with Gasteiger partial charge in [-0.3, -0.25) is 29.0 Å². The van der Waals surface area contributed by atoms with Crippen LogP contribution < -0.4 is 11.1 Å². The number of nitrogens with zero attached hydrogens (tertiary/aromatic N) is 2. The number of nitrogens with one attached hydrogen (secondary N) is 1. The van der Waals surface area contributed by atoms with Crippen LogP contribution in [-0.4, -0.2) is 115 Å². The smallest absolute Gasteiger partial charge is 0.255 e. The summed E-state index contributed by atoms with van der Waals surface area (Å²) in [5.74, 6) is -10.1. The van der Waals surface area contributed by atoms with Crippen molar-refractivity contribution in [3.8, 4) is 5.75 Å². The summed E-state index contributed by atoms with van der Waals surface area (Å²) < 4.78 is 0. The number of phenolic OH excluding ortho intramolecular Hbond substituents is 1. The Morgan fingerprint density at radius 2 is 1.74 bits per heavy atom. The second-order valence-electron chi connectivity index (χ2n) is 11.4. The van der Waals surface area contributed by atoms with Crippen molar-refractivity contribution in [1.29, 1.82) is 0 Å². The Morgan fingerprint density at radius 3 is 2.26 bits per heavy atom. The van der Waals surface area contributed by atoms with Crippen LogP contribution in [0, 0.1) is 11.8 Å². The highest BCUT2D eigenvalue weighted by Crippen LogP contribution is 2.56. The van der Waals surface area contributed by atoms with Gasteiger partial charge in [-0.2, -0.15) is 12.6 Å². The number of Topliss-reactive ketones (excluding diaryl/α,β-unsaturated/α-hetero) is 2. The fourth-order valence-electron chi connectivity index (χ4n) is 6.96. The van der Waals surface area contributed by atoms with Crippen LogP contribution in [0.4, 0.5) is 5.69 Å². The molecule has 0 aliphatic heterocycles. The quantitative estimate of drug-likeness (QED) is 0.111. The minimum atomic E-state index is -3.01. The molecule has 0 spiro atoms. The van der Waals surface area contributed by atoms with Crippen LogP contribution in [0.1, 0.15) is 37.8 Å². The van der Waals surface area contributed by atoms with Crippen LogP contribution in [0.5, 0.6) is 5.75 Å². The lowest BCUT2D eigenvalue weighted by atomic mass is 9.54. The number of hydrogen-bond donors (Lipinski definition) is 8. The van der Waals surface area contributed by atoms with Gasteiger partial charge in [-0.05, 0) is 44.7 Å². The fourth-order valence-corrected chi connectivity index (χ4v) is 7.36. The van der Waals surface area contributed by atoms with Gasteiger partial charge in [-0.1, -0.05) is 26.8 Å². The Morgan fingerprint density at radius 1 is 1.14 bits per heavy atom. The van der Waals surface area contributed by atoms with E-state index in [1.165, 1.54) is 31.1 Å². The summed E-state index contributed by atoms with van der Waals surface area (Å²) in [4.78, 5) is 55.8. The molecule has 3 aliphatic carbocycles. The number of anilines is 1. The van der Waals surface area contributed by atoms with Gasteiger partial charge >= 0.3 is 0 Å². The summed E-state index contributed by atoms with van der Waals surface area (Å²) in [6, 6.07) is 0.909. The number of aromatic hydroxyl groups is 1. The van der Waals surface area contributed by atoms with Crippen LogP contribution in [0.2, 0.25) is 0 Å². The summed E-state index contributed by atoms with van der Waals surface area (Å²) >= 11 is 4.29. The number of likely N-dealkylation sites (N-methyl/N-ethyl adjacent to an activating group) is 2. The highest BCUT2D eigenvalue weighted by atomic mass is 32.1. The maximum absolute atomic E-state index is 14.1. The Balaban J connectivity index is 1.90. The van der Waals surface area contributed by atoms with Gasteiger partial charge in [0.2, 0.25) is 11.7 Å². The van der Waals surface area contributed by atoms with E-state index in [2.05, 4.69) is 17.9 Å². The molecule has 8 N–H and O–H groups in total. The second-order valence-corrected chi connectivity index (χ2v) is 11.7. The number of aliphatic hydroxyl groups excluding tert-OH is 3. The van der Waals surface area contributed by atoms with Crippen molar-refractivity contribution < 1.29 is 44.7 Å². The zero-order valence-electron chi connectivity index (χ0n) is 24.5. The third kappa shape index (κ3) is 4.63. The number of benzene rings is 1. The molecule has 1 aromatic rings. The molecule has 1 saturated carbocycles. The van der Waals surface area contributed by atoms with Crippen molar-refractivity contribution >= 4 is 47.5 Å². The summed E-state index contributed by atoms with van der Waals surface area (Å²) in [6.07, 6.45) is -1.69. The highest BCUT2D eigenvalue weighted by Gasteiger charge is 2.68. The molecule has 3 aliphatic rings. The average molecular weight is 619 g/mol. The van der Waals surface area contributed by atoms with Crippen molar-refractivity contribution in [2.45, 2.75) is 50.5 Å². The first kappa shape index (κ1) is 32.5. The molecule has 0 saturated heterocycles. The number of phenols is 1. The first-order chi connectivity index (χ1) is 20.1. The normalized spacial score (nSPS) is 29.4. The monoisotopic (exact) mass is 618 g/mol. The molecular formula is C29H38N4O9S. The minimum Gasteiger partial charge on any atom is -0.508 e. The number of amides is 2. The topological polar surface area (TPSA) is 214 Å². The van der Waals surface area contributed by atoms with E-state index in [4.69, 9.17) is 5.73 Å². The average Bonchev–Trinajstić information content (AvgIpc) is 2.94. The molecular weight excluding hydrogens is 580 g/mol. The van der Waals surface area contributed by atoms with Crippen molar-refractivity contribution in [3.05, 3.63) is 40.2 Å². The van der Waals surface area contributed by atoms with Crippen molar-refractivity contribution in [1.82, 2.24) is 9.80 Å². The Kier molecular flexibility index (Phi) is 8.75. The van der Waals surface area contributed by atoms with Crippen LogP contribution in [0.3, 0.4) is 0 Å². The molecule has 13 nitrogen and oxygen atoms in total. The van der Waals surface area contributed by atoms with Crippen LogP contribution in [0.25, 0.3) is 5.76 Å². The third-order valence-electron chi connectivity index (χ3n) is 9.12. The van der Waals surface area contributed by atoms with E-state index in [1.54, 1.807) is 6.92 Å². The van der Waals surface area contributed by atoms with Gasteiger partial charge in [0, 0.05) is 17.2 Å². The molecule has 0 radical (unpaired) electrons. The predicted molar refractivity (Wildman–Crippen MR) is 160 cm³/mol. The van der Waals surface area contributed by atoms with E-state index in [9.17, 15) is 44.7 Å². The largest absolute Gasteiger partial charge is 0.508 e. The fraction of sp³-hybridized carbons (Fsp3) is 0.517. The van der Waals surface area contributed by atoms with E-state index in [0.29, 0.717) is 18.7 Å². The van der Waals surface area contributed by atoms with Gasteiger partial charge in [-0.25, -0.2) is 0 Å². The molecule has 2 amide bonds. The minimum absolute atomic E-state index is 0.0597. The van der Waals surface area contributed by atoms with E-state index in [1.807, 2.05) is 18.7 Å². The zero-order valence-corrected chi connectivity index (χ0v) is 25.4. The molecule has 234 valence electrons. The standard InChI is InChI=1S/C29H38N4O9S/c1-6-33(7-2)14(10-43)28(41)31-13-9-8-12-11(3)15-17(22(35)16(12)21(13)34)25(38)29(42)19(23(15)36)20(32(4)5)24(37)18(26(29)39)27(30)40/h8-9,11,14-15,19-20,23,34-36,39,42-43H,6-7,10H2,1-5H3,(H2,30,40)(H,31,41)/t11?,14?,15?,19?,20-,23?,29?/m0/s1. The van der Waals surface area contributed by atoms with Crippen molar-refractivity contribution in [2.24, 2.45) is 17.6 Å². The molecule has 7 atom stereocenters. The number of carbonyl (C=O) groups is 4. The molecule has 4 rings (SSSR count). The first-order valence-corrected chi connectivity index (χ1v) is 14.6. The highest BCUT2D eigenvalue weighted by molar-refractivity contribution is 7.80. The van der Waals surface area contributed by atoms with Crippen LogP contribution in [0.15, 0.2) is 29.0 Å². The maximum atomic E-state index is 14.1. The number of thiol groups is 1. The zero-order chi connectivity index (χ0) is 32.3. The Bertz CT molecular complexity index is 1450. The van der Waals surface area contributed by atoms with Crippen LogP contribution in [-0.2, 0) is 19.2 Å². The van der Waals surface area contributed by atoms with Gasteiger partial charge in [0.1, 0.15) is 22.8 Å². The van der Waals surface area contributed by atoms with Crippen molar-refractivity contribution in [3.63, 3.8) is 0 Å². The molecule has 0 heterocycles. The molecule has 1 aromatic carbocycles. The molecule has 0 aromatic heterocycles. The third-order valence-corrected chi connectivity index (χ3v) is 9.46. The van der Waals surface area contributed by atoms with Gasteiger partial charge in [-0.15, -0.1) is 0 Å². The van der Waals surface area contributed by atoms with Crippen molar-refractivity contribution in [2.75, 3.05) is 38.3 Å². The summed E-state index contributed by atoms with van der Waals surface area (Å²) in [6.45, 7) is 6.56. The van der Waals surface area contributed by atoms with Crippen LogP contribution >= 0.6 is 12.6 Å². The van der Waals surface area contributed by atoms with E-state index >= 15 is 0 Å². The molecule has 43 heavy (non-hydrogen) atoms.